The quantitative estimate of drug-likeness (QED) is 0.771. The second-order valence-corrected chi connectivity index (χ2v) is 6.83. The van der Waals surface area contributed by atoms with Gasteiger partial charge in [0.25, 0.3) is 0 Å². The maximum atomic E-state index is 12.3. The molecule has 1 heterocycles. The molecule has 8 nitrogen and oxygen atoms in total. The van der Waals surface area contributed by atoms with Gasteiger partial charge in [-0.3, -0.25) is 9.69 Å². The minimum absolute atomic E-state index is 0.129. The molecular formula is C16H21Cl2N7O. The number of carbonyl (C=O) groups excluding carboxylic acids is 1. The largest absolute Gasteiger partial charge is 0.368 e. The van der Waals surface area contributed by atoms with Crippen molar-refractivity contribution < 1.29 is 4.79 Å². The number of nitrogens with zero attached hydrogens (tertiary/aromatic N) is 5. The third-order valence-corrected chi connectivity index (χ3v) is 4.43. The minimum atomic E-state index is -0.237. The van der Waals surface area contributed by atoms with E-state index < -0.39 is 0 Å². The number of nitrogens with one attached hydrogen (secondary N) is 1. The summed E-state index contributed by atoms with van der Waals surface area (Å²) in [5.41, 5.74) is 6.33. The van der Waals surface area contributed by atoms with Crippen LogP contribution < -0.4 is 16.0 Å². The Morgan fingerprint density at radius 1 is 1.19 bits per heavy atom. The standard InChI is InChI=1S/C16H21Cl2N7O/c1-9(14-21-15(19)23-16(22-14)24(2)3)25(4)8-13(26)20-10-5-6-11(17)12(18)7-10/h5-7,9H,8H2,1-4H3,(H,20,26)(H2,19,21,22,23)/t9-/m0/s1. The lowest BCUT2D eigenvalue weighted by Crippen LogP contribution is -2.33. The fraction of sp³-hybridized carbons (Fsp3) is 0.375. The summed E-state index contributed by atoms with van der Waals surface area (Å²) < 4.78 is 0. The van der Waals surface area contributed by atoms with Crippen LogP contribution in [0.5, 0.6) is 0 Å². The molecular weight excluding hydrogens is 377 g/mol. The number of benzene rings is 1. The Labute approximate surface area is 162 Å². The van der Waals surface area contributed by atoms with Gasteiger partial charge in [0.15, 0.2) is 5.82 Å². The molecule has 1 atom stereocenters. The van der Waals surface area contributed by atoms with Crippen molar-refractivity contribution in [3.8, 4) is 0 Å². The Morgan fingerprint density at radius 2 is 1.88 bits per heavy atom. The first kappa shape index (κ1) is 20.2. The van der Waals surface area contributed by atoms with Gasteiger partial charge in [0, 0.05) is 19.8 Å². The van der Waals surface area contributed by atoms with Crippen LogP contribution >= 0.6 is 23.2 Å². The van der Waals surface area contributed by atoms with Crippen molar-refractivity contribution in [2.45, 2.75) is 13.0 Å². The van der Waals surface area contributed by atoms with Crippen molar-refractivity contribution in [3.63, 3.8) is 0 Å². The first-order valence-electron chi connectivity index (χ1n) is 7.81. The molecule has 0 fully saturated rings. The summed E-state index contributed by atoms with van der Waals surface area (Å²) in [5, 5.41) is 3.59. The van der Waals surface area contributed by atoms with Gasteiger partial charge in [-0.2, -0.15) is 15.0 Å². The summed E-state index contributed by atoms with van der Waals surface area (Å²) in [6.07, 6.45) is 0. The van der Waals surface area contributed by atoms with Crippen molar-refractivity contribution in [1.29, 1.82) is 0 Å². The van der Waals surface area contributed by atoms with Gasteiger partial charge < -0.3 is 16.0 Å². The first-order valence-corrected chi connectivity index (χ1v) is 8.57. The number of carbonyl (C=O) groups is 1. The molecule has 1 aromatic carbocycles. The average molecular weight is 398 g/mol. The average Bonchev–Trinajstić information content (AvgIpc) is 2.56. The predicted molar refractivity (Wildman–Crippen MR) is 105 cm³/mol. The normalized spacial score (nSPS) is 12.1. The Bertz CT molecular complexity index is 800. The third kappa shape index (κ3) is 5.17. The number of hydrogen-bond donors (Lipinski definition) is 2. The third-order valence-electron chi connectivity index (χ3n) is 3.69. The summed E-state index contributed by atoms with van der Waals surface area (Å²) in [6, 6.07) is 4.67. The van der Waals surface area contributed by atoms with Crippen LogP contribution in [0, 0.1) is 0 Å². The molecule has 26 heavy (non-hydrogen) atoms. The topological polar surface area (TPSA) is 100 Å². The van der Waals surface area contributed by atoms with Gasteiger partial charge in [-0.25, -0.2) is 0 Å². The Morgan fingerprint density at radius 3 is 2.50 bits per heavy atom. The number of anilines is 3. The molecule has 2 aromatic rings. The summed E-state index contributed by atoms with van der Waals surface area (Å²) >= 11 is 11.8. The van der Waals surface area contributed by atoms with E-state index in [1.807, 2.05) is 21.0 Å². The zero-order chi connectivity index (χ0) is 19.4. The summed E-state index contributed by atoms with van der Waals surface area (Å²) in [7, 11) is 5.43. The number of halogens is 2. The van der Waals surface area contributed by atoms with E-state index in [0.29, 0.717) is 27.5 Å². The molecule has 0 aliphatic carbocycles. The van der Waals surface area contributed by atoms with Gasteiger partial charge in [0.05, 0.1) is 22.6 Å². The fourth-order valence-corrected chi connectivity index (χ4v) is 2.42. The number of amides is 1. The maximum Gasteiger partial charge on any atom is 0.238 e. The molecule has 1 amide bonds. The van der Waals surface area contributed by atoms with Crippen molar-refractivity contribution >= 4 is 46.7 Å². The van der Waals surface area contributed by atoms with Crippen LogP contribution in [0.4, 0.5) is 17.6 Å². The molecule has 1 aromatic heterocycles. The number of hydrogen-bond acceptors (Lipinski definition) is 7. The SMILES string of the molecule is C[C@@H](c1nc(N)nc(N(C)C)n1)N(C)CC(=O)Nc1ccc(Cl)c(Cl)c1. The van der Waals surface area contributed by atoms with Crippen LogP contribution in [0.2, 0.25) is 10.0 Å². The van der Waals surface area contributed by atoms with Gasteiger partial charge in [-0.15, -0.1) is 0 Å². The molecule has 10 heteroatoms. The number of aromatic nitrogens is 3. The van der Waals surface area contributed by atoms with Gasteiger partial charge in [-0.1, -0.05) is 23.2 Å². The highest BCUT2D eigenvalue weighted by molar-refractivity contribution is 6.42. The number of nitrogen functional groups attached to an aromatic ring is 1. The van der Waals surface area contributed by atoms with E-state index >= 15 is 0 Å². The Kier molecular flexibility index (Phi) is 6.57. The van der Waals surface area contributed by atoms with E-state index in [4.69, 9.17) is 28.9 Å². The van der Waals surface area contributed by atoms with Gasteiger partial charge in [0.2, 0.25) is 17.8 Å². The molecule has 0 spiro atoms. The van der Waals surface area contributed by atoms with Crippen molar-refractivity contribution in [3.05, 3.63) is 34.1 Å². The van der Waals surface area contributed by atoms with E-state index in [9.17, 15) is 4.79 Å². The smallest absolute Gasteiger partial charge is 0.238 e. The van der Waals surface area contributed by atoms with Crippen molar-refractivity contribution in [2.24, 2.45) is 0 Å². The lowest BCUT2D eigenvalue weighted by Gasteiger charge is -2.23. The Hall–Kier alpha value is -2.16. The second-order valence-electron chi connectivity index (χ2n) is 6.01. The molecule has 0 aliphatic rings. The second kappa shape index (κ2) is 8.48. The van der Waals surface area contributed by atoms with E-state index in [-0.39, 0.29) is 24.4 Å². The minimum Gasteiger partial charge on any atom is -0.368 e. The lowest BCUT2D eigenvalue weighted by molar-refractivity contribution is -0.117. The Balaban J connectivity index is 2.05. The fourth-order valence-electron chi connectivity index (χ4n) is 2.12. The predicted octanol–water partition coefficient (Wildman–Crippen LogP) is 2.46. The summed E-state index contributed by atoms with van der Waals surface area (Å²) in [5.74, 6) is 0.894. The highest BCUT2D eigenvalue weighted by Crippen LogP contribution is 2.25. The number of nitrogens with two attached hydrogens (primary N) is 1. The van der Waals surface area contributed by atoms with E-state index in [1.165, 1.54) is 0 Å². The first-order chi connectivity index (χ1) is 12.2. The van der Waals surface area contributed by atoms with Crippen LogP contribution in [0.15, 0.2) is 18.2 Å². The molecule has 2 rings (SSSR count). The molecule has 0 unspecified atom stereocenters. The van der Waals surface area contributed by atoms with Gasteiger partial charge >= 0.3 is 0 Å². The van der Waals surface area contributed by atoms with Crippen LogP contribution in [0.1, 0.15) is 18.8 Å². The highest BCUT2D eigenvalue weighted by Gasteiger charge is 2.19. The molecule has 3 N–H and O–H groups in total. The van der Waals surface area contributed by atoms with E-state index in [1.54, 1.807) is 35.0 Å². The van der Waals surface area contributed by atoms with Gasteiger partial charge in [-0.05, 0) is 32.2 Å². The van der Waals surface area contributed by atoms with Crippen molar-refractivity contribution in [2.75, 3.05) is 43.6 Å². The zero-order valence-electron chi connectivity index (χ0n) is 15.0. The van der Waals surface area contributed by atoms with Crippen molar-refractivity contribution in [1.82, 2.24) is 19.9 Å². The van der Waals surface area contributed by atoms with Crippen LogP contribution in [0.25, 0.3) is 0 Å². The van der Waals surface area contributed by atoms with E-state index in [0.717, 1.165) is 0 Å². The van der Waals surface area contributed by atoms with Crippen LogP contribution in [-0.4, -0.2) is 53.4 Å². The van der Waals surface area contributed by atoms with Crippen LogP contribution in [-0.2, 0) is 4.79 Å². The summed E-state index contributed by atoms with van der Waals surface area (Å²) in [6.45, 7) is 2.02. The lowest BCUT2D eigenvalue weighted by atomic mass is 10.2. The monoisotopic (exact) mass is 397 g/mol. The van der Waals surface area contributed by atoms with Crippen LogP contribution in [0.3, 0.4) is 0 Å². The molecule has 0 bridgehead atoms. The molecule has 0 saturated heterocycles. The molecule has 140 valence electrons. The highest BCUT2D eigenvalue weighted by atomic mass is 35.5. The number of likely N-dealkylation sites (N-methyl/N-ethyl adjacent to an activating group) is 1. The summed E-state index contributed by atoms with van der Waals surface area (Å²) in [4.78, 5) is 28.5. The molecule has 0 aliphatic heterocycles. The van der Waals surface area contributed by atoms with E-state index in [2.05, 4.69) is 20.3 Å². The van der Waals surface area contributed by atoms with Gasteiger partial charge in [0.1, 0.15) is 0 Å². The number of rotatable bonds is 6. The molecule has 0 saturated carbocycles. The zero-order valence-corrected chi connectivity index (χ0v) is 16.5. The molecule has 0 radical (unpaired) electrons. The maximum absolute atomic E-state index is 12.3.